The molecular weight excluding hydrogens is 232 g/mol. The number of ether oxygens (including phenoxy) is 1. The number of nitrogens with two attached hydrogens (primary N) is 1. The number of hydrogen-bond acceptors (Lipinski definition) is 7. The van der Waals surface area contributed by atoms with Gasteiger partial charge in [-0.1, -0.05) is 0 Å². The summed E-state index contributed by atoms with van der Waals surface area (Å²) in [7, 11) is 3.72. The zero-order valence-corrected chi connectivity index (χ0v) is 11.1. The van der Waals surface area contributed by atoms with Crippen LogP contribution in [-0.2, 0) is 4.74 Å². The van der Waals surface area contributed by atoms with E-state index in [2.05, 4.69) is 27.2 Å². The van der Waals surface area contributed by atoms with Crippen molar-refractivity contribution in [2.45, 2.75) is 25.4 Å². The first-order valence-electron chi connectivity index (χ1n) is 6.05. The Bertz CT molecular complexity index is 416. The fourth-order valence-corrected chi connectivity index (χ4v) is 1.90. The van der Waals surface area contributed by atoms with Gasteiger partial charge in [0.05, 0.1) is 5.60 Å². The third-order valence-electron chi connectivity index (χ3n) is 2.96. The molecule has 2 rings (SSSR count). The van der Waals surface area contributed by atoms with Crippen LogP contribution in [0, 0.1) is 0 Å². The Balaban J connectivity index is 2.04. The van der Waals surface area contributed by atoms with Crippen LogP contribution in [-0.4, -0.2) is 47.8 Å². The molecule has 7 nitrogen and oxygen atoms in total. The molecule has 18 heavy (non-hydrogen) atoms. The van der Waals surface area contributed by atoms with Gasteiger partial charge in [0.15, 0.2) is 0 Å². The topological polar surface area (TPSA) is 89.2 Å². The van der Waals surface area contributed by atoms with E-state index in [0.29, 0.717) is 18.4 Å². The lowest BCUT2D eigenvalue weighted by atomic mass is 10.0. The van der Waals surface area contributed by atoms with Crippen molar-refractivity contribution in [3.8, 4) is 0 Å². The summed E-state index contributed by atoms with van der Waals surface area (Å²) in [5, 5.41) is 3.17. The van der Waals surface area contributed by atoms with Gasteiger partial charge in [-0.25, -0.2) is 0 Å². The van der Waals surface area contributed by atoms with Crippen molar-refractivity contribution in [3.63, 3.8) is 0 Å². The molecule has 0 radical (unpaired) electrons. The summed E-state index contributed by atoms with van der Waals surface area (Å²) in [6.45, 7) is 3.58. The molecule has 100 valence electrons. The molecule has 0 saturated carbocycles. The molecule has 1 atom stereocenters. The molecule has 1 aromatic rings. The van der Waals surface area contributed by atoms with E-state index in [-0.39, 0.29) is 11.5 Å². The Kier molecular flexibility index (Phi) is 3.51. The molecule has 2 heterocycles. The number of anilines is 3. The van der Waals surface area contributed by atoms with Gasteiger partial charge in [0.25, 0.3) is 0 Å². The van der Waals surface area contributed by atoms with Crippen molar-refractivity contribution < 1.29 is 4.74 Å². The van der Waals surface area contributed by atoms with E-state index in [0.717, 1.165) is 19.4 Å². The van der Waals surface area contributed by atoms with Crippen LogP contribution in [0.2, 0.25) is 0 Å². The van der Waals surface area contributed by atoms with Crippen LogP contribution in [0.25, 0.3) is 0 Å². The van der Waals surface area contributed by atoms with Crippen LogP contribution in [0.4, 0.5) is 17.8 Å². The zero-order chi connectivity index (χ0) is 13.2. The lowest BCUT2D eigenvalue weighted by molar-refractivity contribution is 0.0314. The summed E-state index contributed by atoms with van der Waals surface area (Å²) in [5.41, 5.74) is 5.51. The Morgan fingerprint density at radius 1 is 1.39 bits per heavy atom. The van der Waals surface area contributed by atoms with Crippen molar-refractivity contribution in [2.75, 3.05) is 43.2 Å². The highest BCUT2D eigenvalue weighted by molar-refractivity contribution is 5.40. The van der Waals surface area contributed by atoms with E-state index in [4.69, 9.17) is 10.5 Å². The molecule has 1 aliphatic heterocycles. The van der Waals surface area contributed by atoms with E-state index < -0.39 is 0 Å². The minimum Gasteiger partial charge on any atom is -0.373 e. The molecule has 3 N–H and O–H groups in total. The molecule has 1 saturated heterocycles. The Morgan fingerprint density at radius 3 is 2.78 bits per heavy atom. The van der Waals surface area contributed by atoms with Gasteiger partial charge in [-0.3, -0.25) is 0 Å². The number of nitrogen functional groups attached to an aromatic ring is 1. The molecule has 0 aromatic carbocycles. The number of nitrogens with zero attached hydrogens (tertiary/aromatic N) is 4. The fourth-order valence-electron chi connectivity index (χ4n) is 1.90. The Hall–Kier alpha value is -1.63. The van der Waals surface area contributed by atoms with Crippen LogP contribution in [0.15, 0.2) is 0 Å². The smallest absolute Gasteiger partial charge is 0.231 e. The van der Waals surface area contributed by atoms with E-state index in [1.54, 1.807) is 4.90 Å². The Morgan fingerprint density at radius 2 is 2.17 bits per heavy atom. The predicted octanol–water partition coefficient (Wildman–Crippen LogP) is 0.501. The highest BCUT2D eigenvalue weighted by atomic mass is 16.5. The minimum atomic E-state index is -0.139. The molecule has 7 heteroatoms. The zero-order valence-electron chi connectivity index (χ0n) is 11.1. The minimum absolute atomic E-state index is 0.139. The molecule has 1 aromatic heterocycles. The van der Waals surface area contributed by atoms with Crippen molar-refractivity contribution in [3.05, 3.63) is 0 Å². The third kappa shape index (κ3) is 2.98. The average molecular weight is 252 g/mol. The van der Waals surface area contributed by atoms with E-state index >= 15 is 0 Å². The molecule has 0 amide bonds. The van der Waals surface area contributed by atoms with Gasteiger partial charge in [-0.15, -0.1) is 0 Å². The van der Waals surface area contributed by atoms with Gasteiger partial charge < -0.3 is 20.7 Å². The molecule has 1 fully saturated rings. The fraction of sp³-hybridized carbons (Fsp3) is 0.727. The molecule has 0 spiro atoms. The summed E-state index contributed by atoms with van der Waals surface area (Å²) in [4.78, 5) is 14.2. The van der Waals surface area contributed by atoms with E-state index in [9.17, 15) is 0 Å². The maximum atomic E-state index is 5.69. The quantitative estimate of drug-likeness (QED) is 0.806. The molecule has 1 aliphatic rings. The van der Waals surface area contributed by atoms with Crippen LogP contribution in [0.3, 0.4) is 0 Å². The first kappa shape index (κ1) is 12.8. The average Bonchev–Trinajstić information content (AvgIpc) is 2.73. The first-order chi connectivity index (χ1) is 8.48. The van der Waals surface area contributed by atoms with Gasteiger partial charge in [-0.05, 0) is 19.8 Å². The molecular formula is C11H20N6O. The van der Waals surface area contributed by atoms with Crippen LogP contribution in [0.5, 0.6) is 0 Å². The van der Waals surface area contributed by atoms with E-state index in [1.807, 2.05) is 14.1 Å². The summed E-state index contributed by atoms with van der Waals surface area (Å²) < 4.78 is 5.69. The van der Waals surface area contributed by atoms with Crippen LogP contribution in [0.1, 0.15) is 19.8 Å². The second-order valence-corrected chi connectivity index (χ2v) is 4.97. The van der Waals surface area contributed by atoms with Crippen molar-refractivity contribution in [1.82, 2.24) is 15.0 Å². The van der Waals surface area contributed by atoms with Crippen molar-refractivity contribution in [1.29, 1.82) is 0 Å². The molecule has 0 bridgehead atoms. The highest BCUT2D eigenvalue weighted by Crippen LogP contribution is 2.25. The predicted molar refractivity (Wildman–Crippen MR) is 70.6 cm³/mol. The monoisotopic (exact) mass is 252 g/mol. The van der Waals surface area contributed by atoms with Gasteiger partial charge in [0.2, 0.25) is 17.8 Å². The molecule has 1 unspecified atom stereocenters. The van der Waals surface area contributed by atoms with Crippen LogP contribution < -0.4 is 16.0 Å². The maximum Gasteiger partial charge on any atom is 0.231 e. The summed E-state index contributed by atoms with van der Waals surface area (Å²) in [5.74, 6) is 1.25. The number of hydrogen-bond donors (Lipinski definition) is 2. The summed E-state index contributed by atoms with van der Waals surface area (Å²) >= 11 is 0. The third-order valence-corrected chi connectivity index (χ3v) is 2.96. The number of nitrogens with one attached hydrogen (secondary N) is 1. The van der Waals surface area contributed by atoms with Gasteiger partial charge in [0, 0.05) is 27.2 Å². The number of rotatable bonds is 4. The maximum absolute atomic E-state index is 5.69. The second-order valence-electron chi connectivity index (χ2n) is 4.97. The number of aromatic nitrogens is 3. The largest absolute Gasteiger partial charge is 0.373 e. The van der Waals surface area contributed by atoms with E-state index in [1.165, 1.54) is 0 Å². The van der Waals surface area contributed by atoms with Crippen LogP contribution >= 0.6 is 0 Å². The van der Waals surface area contributed by atoms with Gasteiger partial charge in [0.1, 0.15) is 0 Å². The lowest BCUT2D eigenvalue weighted by Crippen LogP contribution is -2.33. The normalized spacial score (nSPS) is 23.1. The Labute approximate surface area is 107 Å². The van der Waals surface area contributed by atoms with Crippen molar-refractivity contribution in [2.24, 2.45) is 0 Å². The van der Waals surface area contributed by atoms with Gasteiger partial charge in [-0.2, -0.15) is 15.0 Å². The second kappa shape index (κ2) is 4.93. The lowest BCUT2D eigenvalue weighted by Gasteiger charge is -2.23. The first-order valence-corrected chi connectivity index (χ1v) is 6.05. The standard InChI is InChI=1S/C11H20N6O/c1-11(5-4-6-18-11)7-13-9-14-8(12)15-10(16-9)17(2)3/h4-7H2,1-3H3,(H3,12,13,14,15,16). The SMILES string of the molecule is CN(C)c1nc(N)nc(NCC2(C)CCCO2)n1. The molecule has 0 aliphatic carbocycles. The summed E-state index contributed by atoms with van der Waals surface area (Å²) in [6, 6.07) is 0. The van der Waals surface area contributed by atoms with Crippen molar-refractivity contribution >= 4 is 17.8 Å². The highest BCUT2D eigenvalue weighted by Gasteiger charge is 2.29. The van der Waals surface area contributed by atoms with Gasteiger partial charge >= 0.3 is 0 Å². The summed E-state index contributed by atoms with van der Waals surface area (Å²) in [6.07, 6.45) is 2.14.